The van der Waals surface area contributed by atoms with Gasteiger partial charge in [0.05, 0.1) is 5.69 Å². The average Bonchev–Trinajstić information content (AvgIpc) is 2.95. The minimum atomic E-state index is -0.120. The SMILES string of the molecule is CCN(CC(NC)C1CCCC1)c1ccccc1F. The van der Waals surface area contributed by atoms with E-state index in [4.69, 9.17) is 0 Å². The summed E-state index contributed by atoms with van der Waals surface area (Å²) in [5.74, 6) is 0.622. The third-order valence-electron chi connectivity index (χ3n) is 4.33. The molecule has 2 rings (SSSR count). The lowest BCUT2D eigenvalue weighted by molar-refractivity contribution is 0.378. The Morgan fingerprint density at radius 1 is 1.32 bits per heavy atom. The molecule has 106 valence electrons. The average molecular weight is 264 g/mol. The van der Waals surface area contributed by atoms with Gasteiger partial charge < -0.3 is 10.2 Å². The number of anilines is 1. The molecule has 1 N–H and O–H groups in total. The Morgan fingerprint density at radius 3 is 2.58 bits per heavy atom. The minimum absolute atomic E-state index is 0.120. The van der Waals surface area contributed by atoms with E-state index >= 15 is 0 Å². The van der Waals surface area contributed by atoms with Gasteiger partial charge in [-0.25, -0.2) is 4.39 Å². The Kier molecular flexibility index (Phi) is 5.20. The molecule has 0 aromatic heterocycles. The molecule has 1 atom stereocenters. The highest BCUT2D eigenvalue weighted by molar-refractivity contribution is 5.47. The van der Waals surface area contributed by atoms with E-state index in [0.717, 1.165) is 24.7 Å². The molecule has 1 aromatic rings. The zero-order chi connectivity index (χ0) is 13.7. The van der Waals surface area contributed by atoms with Gasteiger partial charge in [0.25, 0.3) is 0 Å². The van der Waals surface area contributed by atoms with E-state index in [1.165, 1.54) is 25.7 Å². The fourth-order valence-corrected chi connectivity index (χ4v) is 3.18. The lowest BCUT2D eigenvalue weighted by Gasteiger charge is -2.31. The van der Waals surface area contributed by atoms with Gasteiger partial charge in [0.1, 0.15) is 5.82 Å². The summed E-state index contributed by atoms with van der Waals surface area (Å²) < 4.78 is 13.9. The van der Waals surface area contributed by atoms with Crippen molar-refractivity contribution in [2.45, 2.75) is 38.6 Å². The molecule has 1 fully saturated rings. The van der Waals surface area contributed by atoms with E-state index in [0.29, 0.717) is 6.04 Å². The van der Waals surface area contributed by atoms with E-state index in [1.54, 1.807) is 12.1 Å². The highest BCUT2D eigenvalue weighted by Crippen LogP contribution is 2.29. The molecule has 19 heavy (non-hydrogen) atoms. The molecule has 1 aliphatic carbocycles. The maximum Gasteiger partial charge on any atom is 0.146 e. The van der Waals surface area contributed by atoms with Crippen LogP contribution in [0.25, 0.3) is 0 Å². The van der Waals surface area contributed by atoms with Gasteiger partial charge in [-0.2, -0.15) is 0 Å². The van der Waals surface area contributed by atoms with Gasteiger partial charge in [-0.05, 0) is 44.9 Å². The number of rotatable bonds is 6. The van der Waals surface area contributed by atoms with E-state index in [9.17, 15) is 4.39 Å². The lowest BCUT2D eigenvalue weighted by Crippen LogP contribution is -2.44. The molecular weight excluding hydrogens is 239 g/mol. The van der Waals surface area contributed by atoms with Crippen LogP contribution in [0.3, 0.4) is 0 Å². The van der Waals surface area contributed by atoms with Crippen molar-refractivity contribution in [2.24, 2.45) is 5.92 Å². The highest BCUT2D eigenvalue weighted by Gasteiger charge is 2.25. The standard InChI is InChI=1S/C16H25FN2/c1-3-19(16-11-7-6-10-14(16)17)12-15(18-2)13-8-4-5-9-13/h6-7,10-11,13,15,18H,3-5,8-9,12H2,1-2H3. The van der Waals surface area contributed by atoms with Gasteiger partial charge in [-0.15, -0.1) is 0 Å². The van der Waals surface area contributed by atoms with Crippen LogP contribution >= 0.6 is 0 Å². The number of nitrogens with zero attached hydrogens (tertiary/aromatic N) is 1. The van der Waals surface area contributed by atoms with Gasteiger partial charge >= 0.3 is 0 Å². The first-order valence-electron chi connectivity index (χ1n) is 7.43. The van der Waals surface area contributed by atoms with E-state index in [1.807, 2.05) is 19.2 Å². The van der Waals surface area contributed by atoms with Crippen molar-refractivity contribution in [2.75, 3.05) is 25.0 Å². The van der Waals surface area contributed by atoms with Gasteiger partial charge in [0, 0.05) is 19.1 Å². The zero-order valence-corrected chi connectivity index (χ0v) is 12.0. The molecule has 0 saturated heterocycles. The van der Waals surface area contributed by atoms with Crippen molar-refractivity contribution in [3.8, 4) is 0 Å². The van der Waals surface area contributed by atoms with Crippen LogP contribution in [0.4, 0.5) is 10.1 Å². The van der Waals surface area contributed by atoms with Crippen LogP contribution in [-0.4, -0.2) is 26.2 Å². The number of hydrogen-bond acceptors (Lipinski definition) is 2. The summed E-state index contributed by atoms with van der Waals surface area (Å²) in [6, 6.07) is 7.54. The molecule has 2 nitrogen and oxygen atoms in total. The Balaban J connectivity index is 2.07. The second kappa shape index (κ2) is 6.90. The molecule has 0 aliphatic heterocycles. The lowest BCUT2D eigenvalue weighted by atomic mass is 9.97. The summed E-state index contributed by atoms with van der Waals surface area (Å²) in [6.45, 7) is 3.82. The Bertz CT molecular complexity index is 388. The Labute approximate surface area is 116 Å². The third kappa shape index (κ3) is 3.47. The fraction of sp³-hybridized carbons (Fsp3) is 0.625. The summed E-state index contributed by atoms with van der Waals surface area (Å²) in [5.41, 5.74) is 0.725. The minimum Gasteiger partial charge on any atom is -0.368 e. The predicted octanol–water partition coefficient (Wildman–Crippen LogP) is 3.43. The van der Waals surface area contributed by atoms with E-state index < -0.39 is 0 Å². The predicted molar refractivity (Wildman–Crippen MR) is 79.1 cm³/mol. The second-order valence-corrected chi connectivity index (χ2v) is 5.43. The first kappa shape index (κ1) is 14.3. The molecular formula is C16H25FN2. The van der Waals surface area contributed by atoms with E-state index in [2.05, 4.69) is 17.1 Å². The van der Waals surface area contributed by atoms with Crippen LogP contribution in [0.5, 0.6) is 0 Å². The maximum absolute atomic E-state index is 13.9. The monoisotopic (exact) mass is 264 g/mol. The summed E-state index contributed by atoms with van der Waals surface area (Å²) in [4.78, 5) is 2.15. The molecule has 3 heteroatoms. The van der Waals surface area contributed by atoms with Gasteiger partial charge in [0.15, 0.2) is 0 Å². The fourth-order valence-electron chi connectivity index (χ4n) is 3.18. The zero-order valence-electron chi connectivity index (χ0n) is 12.0. The first-order chi connectivity index (χ1) is 9.26. The number of hydrogen-bond donors (Lipinski definition) is 1. The largest absolute Gasteiger partial charge is 0.368 e. The number of likely N-dealkylation sites (N-methyl/N-ethyl adjacent to an activating group) is 2. The highest BCUT2D eigenvalue weighted by atomic mass is 19.1. The van der Waals surface area contributed by atoms with Crippen LogP contribution < -0.4 is 10.2 Å². The smallest absolute Gasteiger partial charge is 0.146 e. The second-order valence-electron chi connectivity index (χ2n) is 5.43. The summed E-state index contributed by atoms with van der Waals surface area (Å²) in [5, 5.41) is 3.43. The Morgan fingerprint density at radius 2 is 2.00 bits per heavy atom. The normalized spacial score (nSPS) is 17.6. The summed E-state index contributed by atoms with van der Waals surface area (Å²) in [6.07, 6.45) is 5.30. The van der Waals surface area contributed by atoms with Crippen molar-refractivity contribution in [3.63, 3.8) is 0 Å². The number of halogens is 1. The van der Waals surface area contributed by atoms with Crippen molar-refractivity contribution >= 4 is 5.69 Å². The van der Waals surface area contributed by atoms with Crippen LogP contribution in [0.2, 0.25) is 0 Å². The molecule has 0 bridgehead atoms. The maximum atomic E-state index is 13.9. The van der Waals surface area contributed by atoms with Crippen molar-refractivity contribution in [3.05, 3.63) is 30.1 Å². The molecule has 1 aliphatic rings. The van der Waals surface area contributed by atoms with Crippen LogP contribution in [0.1, 0.15) is 32.6 Å². The van der Waals surface area contributed by atoms with Gasteiger partial charge in [0.2, 0.25) is 0 Å². The molecule has 0 amide bonds. The third-order valence-corrected chi connectivity index (χ3v) is 4.33. The quantitative estimate of drug-likeness (QED) is 0.847. The number of benzene rings is 1. The first-order valence-corrected chi connectivity index (χ1v) is 7.43. The topological polar surface area (TPSA) is 15.3 Å². The Hall–Kier alpha value is -1.09. The van der Waals surface area contributed by atoms with Crippen molar-refractivity contribution < 1.29 is 4.39 Å². The molecule has 0 spiro atoms. The number of nitrogens with one attached hydrogen (secondary N) is 1. The molecule has 1 saturated carbocycles. The van der Waals surface area contributed by atoms with Crippen LogP contribution in [0, 0.1) is 11.7 Å². The molecule has 0 heterocycles. The van der Waals surface area contributed by atoms with Crippen molar-refractivity contribution in [1.82, 2.24) is 5.32 Å². The van der Waals surface area contributed by atoms with Gasteiger partial charge in [-0.1, -0.05) is 25.0 Å². The summed E-state index contributed by atoms with van der Waals surface area (Å²) in [7, 11) is 2.03. The number of para-hydroxylation sites is 1. The molecule has 0 radical (unpaired) electrons. The van der Waals surface area contributed by atoms with E-state index in [-0.39, 0.29) is 5.82 Å². The van der Waals surface area contributed by atoms with Crippen LogP contribution in [-0.2, 0) is 0 Å². The summed E-state index contributed by atoms with van der Waals surface area (Å²) >= 11 is 0. The van der Waals surface area contributed by atoms with Crippen molar-refractivity contribution in [1.29, 1.82) is 0 Å². The van der Waals surface area contributed by atoms with Gasteiger partial charge in [-0.3, -0.25) is 0 Å². The molecule has 1 unspecified atom stereocenters. The molecule has 1 aromatic carbocycles. The van der Waals surface area contributed by atoms with Crippen LogP contribution in [0.15, 0.2) is 24.3 Å².